The third kappa shape index (κ3) is 3.72. The van der Waals surface area contributed by atoms with Crippen LogP contribution >= 0.6 is 0 Å². The van der Waals surface area contributed by atoms with E-state index in [0.717, 1.165) is 31.6 Å². The molecule has 0 saturated carbocycles. The maximum atomic E-state index is 12.8. The second kappa shape index (κ2) is 7.66. The molecule has 3 aromatic rings. The molecule has 2 heterocycles. The van der Waals surface area contributed by atoms with Crippen molar-refractivity contribution in [3.8, 4) is 11.4 Å². The smallest absolute Gasteiger partial charge is 0.253 e. The van der Waals surface area contributed by atoms with E-state index in [1.807, 2.05) is 64.3 Å². The Morgan fingerprint density at radius 3 is 2.59 bits per heavy atom. The number of methoxy groups -OCH3 is 1. The molecule has 0 N–H and O–H groups in total. The molecule has 1 saturated heterocycles. The minimum absolute atomic E-state index is 0.0762. The van der Waals surface area contributed by atoms with Crippen molar-refractivity contribution >= 4 is 5.91 Å². The van der Waals surface area contributed by atoms with Gasteiger partial charge in [-0.25, -0.2) is 4.68 Å². The Kier molecular flexibility index (Phi) is 4.92. The number of hydrogen-bond acceptors (Lipinski definition) is 3. The average Bonchev–Trinajstić information content (AvgIpc) is 3.24. The second-order valence-electron chi connectivity index (χ2n) is 6.85. The van der Waals surface area contributed by atoms with Gasteiger partial charge in [-0.05, 0) is 54.7 Å². The Hall–Kier alpha value is -3.08. The van der Waals surface area contributed by atoms with Gasteiger partial charge in [-0.2, -0.15) is 5.10 Å². The maximum absolute atomic E-state index is 12.8. The summed E-state index contributed by atoms with van der Waals surface area (Å²) >= 11 is 0. The zero-order valence-electron chi connectivity index (χ0n) is 15.4. The first kappa shape index (κ1) is 17.3. The van der Waals surface area contributed by atoms with Crippen molar-refractivity contribution in [2.24, 2.45) is 0 Å². The molecule has 5 nitrogen and oxygen atoms in total. The van der Waals surface area contributed by atoms with Crippen LogP contribution in [0.4, 0.5) is 0 Å². The normalized spacial score (nSPS) is 14.9. The van der Waals surface area contributed by atoms with Gasteiger partial charge in [-0.1, -0.05) is 24.3 Å². The van der Waals surface area contributed by atoms with E-state index < -0.39 is 0 Å². The lowest BCUT2D eigenvalue weighted by Gasteiger charge is -2.31. The lowest BCUT2D eigenvalue weighted by Crippen LogP contribution is -2.37. The first-order chi connectivity index (χ1) is 13.2. The van der Waals surface area contributed by atoms with Gasteiger partial charge < -0.3 is 9.64 Å². The summed E-state index contributed by atoms with van der Waals surface area (Å²) in [5.41, 5.74) is 2.99. The molecule has 0 aliphatic carbocycles. The molecular weight excluding hydrogens is 338 g/mol. The van der Waals surface area contributed by atoms with Crippen molar-refractivity contribution < 1.29 is 9.53 Å². The zero-order valence-corrected chi connectivity index (χ0v) is 15.4. The predicted octanol–water partition coefficient (Wildman–Crippen LogP) is 3.90. The Balaban J connectivity index is 1.40. The summed E-state index contributed by atoms with van der Waals surface area (Å²) in [6.45, 7) is 1.52. The van der Waals surface area contributed by atoms with Gasteiger partial charge in [-0.3, -0.25) is 4.79 Å². The van der Waals surface area contributed by atoms with E-state index in [1.54, 1.807) is 13.2 Å². The quantitative estimate of drug-likeness (QED) is 0.708. The molecule has 138 valence electrons. The molecule has 4 rings (SSSR count). The molecular formula is C22H23N3O2. The van der Waals surface area contributed by atoms with E-state index in [1.165, 1.54) is 5.56 Å². The van der Waals surface area contributed by atoms with E-state index in [4.69, 9.17) is 4.74 Å². The van der Waals surface area contributed by atoms with E-state index in [2.05, 4.69) is 11.3 Å². The number of amides is 1. The first-order valence-electron chi connectivity index (χ1n) is 9.28. The van der Waals surface area contributed by atoms with Crippen molar-refractivity contribution in [3.05, 3.63) is 78.1 Å². The molecule has 27 heavy (non-hydrogen) atoms. The number of likely N-dealkylation sites (tertiary alicyclic amines) is 1. The summed E-state index contributed by atoms with van der Waals surface area (Å²) < 4.78 is 7.15. The highest BCUT2D eigenvalue weighted by atomic mass is 16.5. The average molecular weight is 361 g/mol. The van der Waals surface area contributed by atoms with Crippen molar-refractivity contribution in [2.75, 3.05) is 20.2 Å². The predicted molar refractivity (Wildman–Crippen MR) is 104 cm³/mol. The first-order valence-corrected chi connectivity index (χ1v) is 9.28. The van der Waals surface area contributed by atoms with Crippen molar-refractivity contribution in [3.63, 3.8) is 0 Å². The molecule has 2 aromatic carbocycles. The Morgan fingerprint density at radius 2 is 1.85 bits per heavy atom. The molecule has 0 spiro atoms. The Bertz CT molecular complexity index is 912. The Labute approximate surface area is 159 Å². The summed E-state index contributed by atoms with van der Waals surface area (Å²) in [6, 6.07) is 17.5. The Morgan fingerprint density at radius 1 is 1.07 bits per heavy atom. The molecule has 1 aliphatic rings. The van der Waals surface area contributed by atoms with Crippen LogP contribution in [0.25, 0.3) is 5.69 Å². The van der Waals surface area contributed by atoms with Gasteiger partial charge in [0.05, 0.1) is 19.0 Å². The number of ether oxygens (including phenoxy) is 1. The topological polar surface area (TPSA) is 47.4 Å². The highest BCUT2D eigenvalue weighted by Gasteiger charge is 2.25. The lowest BCUT2D eigenvalue weighted by molar-refractivity contribution is 0.0712. The van der Waals surface area contributed by atoms with Crippen LogP contribution in [0, 0.1) is 0 Å². The van der Waals surface area contributed by atoms with E-state index in [-0.39, 0.29) is 5.91 Å². The zero-order chi connectivity index (χ0) is 18.6. The van der Waals surface area contributed by atoms with Crippen LogP contribution in [-0.4, -0.2) is 40.8 Å². The number of benzene rings is 2. The third-order valence-corrected chi connectivity index (χ3v) is 5.19. The molecule has 1 aliphatic heterocycles. The van der Waals surface area contributed by atoms with E-state index in [9.17, 15) is 4.79 Å². The molecule has 0 bridgehead atoms. The molecule has 0 atom stereocenters. The summed E-state index contributed by atoms with van der Waals surface area (Å²) in [7, 11) is 1.62. The highest BCUT2D eigenvalue weighted by Crippen LogP contribution is 2.29. The summed E-state index contributed by atoms with van der Waals surface area (Å²) in [4.78, 5) is 14.7. The molecule has 5 heteroatoms. The third-order valence-electron chi connectivity index (χ3n) is 5.19. The minimum atomic E-state index is 0.0762. The van der Waals surface area contributed by atoms with Crippen LogP contribution in [-0.2, 0) is 0 Å². The van der Waals surface area contributed by atoms with Crippen LogP contribution in [0.15, 0.2) is 67.0 Å². The molecule has 1 amide bonds. The van der Waals surface area contributed by atoms with Crippen molar-refractivity contribution in [1.29, 1.82) is 0 Å². The minimum Gasteiger partial charge on any atom is -0.497 e. The second-order valence-corrected chi connectivity index (χ2v) is 6.85. The molecule has 1 fully saturated rings. The van der Waals surface area contributed by atoms with Gasteiger partial charge in [0.15, 0.2) is 0 Å². The maximum Gasteiger partial charge on any atom is 0.253 e. The lowest BCUT2D eigenvalue weighted by atomic mass is 9.91. The van der Waals surface area contributed by atoms with Crippen LogP contribution < -0.4 is 4.74 Å². The molecule has 0 unspecified atom stereocenters. The van der Waals surface area contributed by atoms with Gasteiger partial charge in [-0.15, -0.1) is 0 Å². The van der Waals surface area contributed by atoms with Gasteiger partial charge in [0.1, 0.15) is 5.75 Å². The largest absolute Gasteiger partial charge is 0.497 e. The number of hydrogen-bond donors (Lipinski definition) is 0. The van der Waals surface area contributed by atoms with E-state index in [0.29, 0.717) is 17.2 Å². The number of carbonyl (C=O) groups excluding carboxylic acids is 1. The van der Waals surface area contributed by atoms with Crippen LogP contribution in [0.2, 0.25) is 0 Å². The summed E-state index contributed by atoms with van der Waals surface area (Å²) in [5, 5.41) is 4.50. The van der Waals surface area contributed by atoms with Crippen LogP contribution in [0.5, 0.6) is 5.75 Å². The number of piperidine rings is 1. The van der Waals surface area contributed by atoms with Gasteiger partial charge in [0.2, 0.25) is 0 Å². The van der Waals surface area contributed by atoms with Gasteiger partial charge >= 0.3 is 0 Å². The van der Waals surface area contributed by atoms with Crippen molar-refractivity contribution in [1.82, 2.24) is 14.7 Å². The van der Waals surface area contributed by atoms with E-state index >= 15 is 0 Å². The SMILES string of the molecule is COc1cccc(C(=O)N2CCC(c3cnn(-c4ccccc4)c3)CC2)c1. The van der Waals surface area contributed by atoms with Crippen LogP contribution in [0.1, 0.15) is 34.7 Å². The van der Waals surface area contributed by atoms with Gasteiger partial charge in [0.25, 0.3) is 5.91 Å². The van der Waals surface area contributed by atoms with Crippen molar-refractivity contribution in [2.45, 2.75) is 18.8 Å². The number of para-hydroxylation sites is 1. The fraction of sp³-hybridized carbons (Fsp3) is 0.273. The number of nitrogens with zero attached hydrogens (tertiary/aromatic N) is 3. The number of carbonyl (C=O) groups is 1. The monoisotopic (exact) mass is 361 g/mol. The summed E-state index contributed by atoms with van der Waals surface area (Å²) in [6.07, 6.45) is 5.98. The fourth-order valence-electron chi connectivity index (χ4n) is 3.62. The van der Waals surface area contributed by atoms with Crippen LogP contribution in [0.3, 0.4) is 0 Å². The highest BCUT2D eigenvalue weighted by molar-refractivity contribution is 5.94. The number of aromatic nitrogens is 2. The summed E-state index contributed by atoms with van der Waals surface area (Å²) in [5.74, 6) is 1.23. The standard InChI is InChI=1S/C22H23N3O2/c1-27-21-9-5-6-18(14-21)22(26)24-12-10-17(11-13-24)19-15-23-25(16-19)20-7-3-2-4-8-20/h2-9,14-17H,10-13H2,1H3. The molecule has 1 aromatic heterocycles. The van der Waals surface area contributed by atoms with Gasteiger partial charge in [0, 0.05) is 24.8 Å². The number of rotatable bonds is 4. The fourth-order valence-corrected chi connectivity index (χ4v) is 3.62. The molecule has 0 radical (unpaired) electrons.